The molecular formula is C15H23ClN2O4S. The van der Waals surface area contributed by atoms with E-state index >= 15 is 0 Å². The minimum atomic E-state index is -3.43. The Labute approximate surface area is 142 Å². The molecule has 0 spiro atoms. The Morgan fingerprint density at radius 2 is 2.13 bits per heavy atom. The van der Waals surface area contributed by atoms with Crippen LogP contribution >= 0.6 is 11.6 Å². The lowest BCUT2D eigenvalue weighted by molar-refractivity contribution is 0.0412. The highest BCUT2D eigenvalue weighted by atomic mass is 35.5. The van der Waals surface area contributed by atoms with Gasteiger partial charge in [-0.15, -0.1) is 0 Å². The molecule has 23 heavy (non-hydrogen) atoms. The van der Waals surface area contributed by atoms with Crippen molar-refractivity contribution in [3.8, 4) is 0 Å². The van der Waals surface area contributed by atoms with Crippen molar-refractivity contribution in [2.45, 2.75) is 12.1 Å². The molecule has 2 unspecified atom stereocenters. The number of piperazine rings is 1. The fourth-order valence-electron chi connectivity index (χ4n) is 2.65. The molecule has 0 bridgehead atoms. The van der Waals surface area contributed by atoms with Crippen molar-refractivity contribution < 1.29 is 17.9 Å². The summed E-state index contributed by atoms with van der Waals surface area (Å²) in [6.45, 7) is 1.62. The highest BCUT2D eigenvalue weighted by molar-refractivity contribution is 7.89. The maximum atomic E-state index is 12.6. The molecule has 1 N–H and O–H groups in total. The lowest BCUT2D eigenvalue weighted by atomic mass is 10.1. The minimum absolute atomic E-state index is 0.0907. The van der Waals surface area contributed by atoms with E-state index in [2.05, 4.69) is 5.32 Å². The molecule has 1 saturated heterocycles. The Morgan fingerprint density at radius 1 is 1.39 bits per heavy atom. The molecule has 1 heterocycles. The quantitative estimate of drug-likeness (QED) is 0.791. The van der Waals surface area contributed by atoms with Crippen LogP contribution in [0.4, 0.5) is 0 Å². The Kier molecular flexibility index (Phi) is 6.82. The van der Waals surface area contributed by atoms with Gasteiger partial charge in [0, 0.05) is 44.9 Å². The van der Waals surface area contributed by atoms with Crippen molar-refractivity contribution in [1.29, 1.82) is 0 Å². The summed E-state index contributed by atoms with van der Waals surface area (Å²) in [6, 6.07) is 7.37. The highest BCUT2D eigenvalue weighted by Gasteiger charge is 2.32. The third kappa shape index (κ3) is 4.89. The van der Waals surface area contributed by atoms with Crippen LogP contribution < -0.4 is 5.32 Å². The second-order valence-corrected chi connectivity index (χ2v) is 7.90. The lowest BCUT2D eigenvalue weighted by Crippen LogP contribution is -2.50. The molecule has 1 aromatic carbocycles. The molecule has 0 amide bonds. The van der Waals surface area contributed by atoms with Gasteiger partial charge in [-0.2, -0.15) is 4.31 Å². The van der Waals surface area contributed by atoms with Gasteiger partial charge in [0.1, 0.15) is 0 Å². The van der Waals surface area contributed by atoms with Crippen LogP contribution in [0.25, 0.3) is 0 Å². The second-order valence-electron chi connectivity index (χ2n) is 5.48. The third-order valence-corrected chi connectivity index (χ3v) is 6.15. The Morgan fingerprint density at radius 3 is 2.78 bits per heavy atom. The van der Waals surface area contributed by atoms with Crippen LogP contribution in [0.1, 0.15) is 11.6 Å². The summed E-state index contributed by atoms with van der Waals surface area (Å²) in [5.41, 5.74) is 0.911. The summed E-state index contributed by atoms with van der Waals surface area (Å²) < 4.78 is 36.9. The fraction of sp³-hybridized carbons (Fsp3) is 0.600. The topological polar surface area (TPSA) is 67.9 Å². The normalized spacial score (nSPS) is 21.3. The van der Waals surface area contributed by atoms with Gasteiger partial charge in [-0.1, -0.05) is 29.8 Å². The summed E-state index contributed by atoms with van der Waals surface area (Å²) in [5, 5.41) is 3.96. The first-order valence-corrected chi connectivity index (χ1v) is 9.44. The fourth-order valence-corrected chi connectivity index (χ4v) is 4.58. The number of methoxy groups -OCH3 is 2. The summed E-state index contributed by atoms with van der Waals surface area (Å²) in [7, 11) is -0.411. The number of halogens is 1. The van der Waals surface area contributed by atoms with Crippen molar-refractivity contribution in [3.63, 3.8) is 0 Å². The number of hydrogen-bond acceptors (Lipinski definition) is 5. The highest BCUT2D eigenvalue weighted by Crippen LogP contribution is 2.26. The monoisotopic (exact) mass is 362 g/mol. The number of ether oxygens (including phenoxy) is 2. The number of benzene rings is 1. The average Bonchev–Trinajstić information content (AvgIpc) is 2.55. The molecule has 130 valence electrons. The zero-order valence-electron chi connectivity index (χ0n) is 13.4. The van der Waals surface area contributed by atoms with E-state index in [9.17, 15) is 8.42 Å². The maximum absolute atomic E-state index is 12.6. The summed E-state index contributed by atoms with van der Waals surface area (Å²) in [4.78, 5) is 0. The number of rotatable bonds is 7. The van der Waals surface area contributed by atoms with Crippen LogP contribution in [0.15, 0.2) is 24.3 Å². The number of hydrogen-bond donors (Lipinski definition) is 1. The smallest absolute Gasteiger partial charge is 0.216 e. The molecule has 6 nitrogen and oxygen atoms in total. The first-order valence-electron chi connectivity index (χ1n) is 7.45. The van der Waals surface area contributed by atoms with Gasteiger partial charge in [-0.3, -0.25) is 0 Å². The second kappa shape index (κ2) is 8.41. The molecule has 0 saturated carbocycles. The standard InChI is InChI=1S/C15H23ClN2O4S/c1-21-10-12(22-2)11-23(19,20)18-8-7-17-15(9-18)13-5-3-4-6-14(13)16/h3-6,12,15,17H,7-11H2,1-2H3. The van der Waals surface area contributed by atoms with Crippen LogP contribution in [-0.4, -0.2) is 65.0 Å². The van der Waals surface area contributed by atoms with Crippen molar-refractivity contribution in [1.82, 2.24) is 9.62 Å². The zero-order valence-corrected chi connectivity index (χ0v) is 14.9. The Balaban J connectivity index is 2.09. The first-order chi connectivity index (χ1) is 11.0. The van der Waals surface area contributed by atoms with Gasteiger partial charge >= 0.3 is 0 Å². The zero-order chi connectivity index (χ0) is 16.9. The predicted octanol–water partition coefficient (Wildman–Crippen LogP) is 1.28. The molecule has 1 aliphatic heterocycles. The van der Waals surface area contributed by atoms with Gasteiger partial charge in [0.2, 0.25) is 10.0 Å². The van der Waals surface area contributed by atoms with E-state index in [0.717, 1.165) is 5.56 Å². The van der Waals surface area contributed by atoms with Crippen molar-refractivity contribution in [3.05, 3.63) is 34.9 Å². The lowest BCUT2D eigenvalue weighted by Gasteiger charge is -2.34. The van der Waals surface area contributed by atoms with Gasteiger partial charge in [-0.05, 0) is 11.6 Å². The van der Waals surface area contributed by atoms with E-state index in [-0.39, 0.29) is 18.4 Å². The van der Waals surface area contributed by atoms with Crippen LogP contribution in [0.3, 0.4) is 0 Å². The van der Waals surface area contributed by atoms with Crippen molar-refractivity contribution >= 4 is 21.6 Å². The predicted molar refractivity (Wildman–Crippen MR) is 90.2 cm³/mol. The molecule has 0 aromatic heterocycles. The summed E-state index contributed by atoms with van der Waals surface area (Å²) in [5.74, 6) is -0.0907. The van der Waals surface area contributed by atoms with Crippen molar-refractivity contribution in [2.24, 2.45) is 0 Å². The van der Waals surface area contributed by atoms with E-state index in [0.29, 0.717) is 24.7 Å². The molecular weight excluding hydrogens is 340 g/mol. The summed E-state index contributed by atoms with van der Waals surface area (Å²) in [6.07, 6.45) is -0.473. The van der Waals surface area contributed by atoms with Gasteiger partial charge in [0.15, 0.2) is 0 Å². The SMILES string of the molecule is COCC(CS(=O)(=O)N1CCNC(c2ccccc2Cl)C1)OC. The largest absolute Gasteiger partial charge is 0.382 e. The number of nitrogens with zero attached hydrogens (tertiary/aromatic N) is 1. The maximum Gasteiger partial charge on any atom is 0.216 e. The molecule has 0 aliphatic carbocycles. The first kappa shape index (κ1) is 18.6. The van der Waals surface area contributed by atoms with E-state index < -0.39 is 16.1 Å². The molecule has 1 fully saturated rings. The van der Waals surface area contributed by atoms with E-state index in [1.54, 1.807) is 0 Å². The van der Waals surface area contributed by atoms with Gasteiger partial charge in [0.25, 0.3) is 0 Å². The number of sulfonamides is 1. The summed E-state index contributed by atoms with van der Waals surface area (Å²) >= 11 is 6.22. The molecule has 0 radical (unpaired) electrons. The van der Waals surface area contributed by atoms with Crippen LogP contribution in [0.2, 0.25) is 5.02 Å². The van der Waals surface area contributed by atoms with Crippen LogP contribution in [0, 0.1) is 0 Å². The Bertz CT molecular complexity index is 611. The van der Waals surface area contributed by atoms with Crippen molar-refractivity contribution in [2.75, 3.05) is 46.2 Å². The Hall–Kier alpha value is -0.700. The molecule has 1 aromatic rings. The van der Waals surface area contributed by atoms with Crippen LogP contribution in [-0.2, 0) is 19.5 Å². The van der Waals surface area contributed by atoms with Gasteiger partial charge in [0.05, 0.1) is 18.5 Å². The van der Waals surface area contributed by atoms with Crippen LogP contribution in [0.5, 0.6) is 0 Å². The van der Waals surface area contributed by atoms with Gasteiger partial charge in [-0.25, -0.2) is 8.42 Å². The van der Waals surface area contributed by atoms with E-state index in [1.807, 2.05) is 24.3 Å². The number of nitrogens with one attached hydrogen (secondary N) is 1. The third-order valence-electron chi connectivity index (χ3n) is 3.89. The van der Waals surface area contributed by atoms with E-state index in [4.69, 9.17) is 21.1 Å². The molecule has 8 heteroatoms. The average molecular weight is 363 g/mol. The molecule has 2 atom stereocenters. The van der Waals surface area contributed by atoms with E-state index in [1.165, 1.54) is 18.5 Å². The molecule has 2 rings (SSSR count). The molecule has 1 aliphatic rings. The van der Waals surface area contributed by atoms with Gasteiger partial charge < -0.3 is 14.8 Å². The minimum Gasteiger partial charge on any atom is -0.382 e.